The number of nitrogens with zero attached hydrogens (tertiary/aromatic N) is 2. The summed E-state index contributed by atoms with van der Waals surface area (Å²) in [6.07, 6.45) is 1.16. The number of hydrogen-bond acceptors (Lipinski definition) is 4. The first kappa shape index (κ1) is 15.2. The van der Waals surface area contributed by atoms with Gasteiger partial charge in [0, 0.05) is 23.5 Å². The average Bonchev–Trinajstić information content (AvgIpc) is 2.82. The van der Waals surface area contributed by atoms with Gasteiger partial charge in [-0.05, 0) is 27.1 Å². The summed E-state index contributed by atoms with van der Waals surface area (Å²) in [6, 6.07) is 10.5. The highest BCUT2D eigenvalue weighted by Gasteiger charge is 2.13. The molecule has 1 aromatic carbocycles. The van der Waals surface area contributed by atoms with Crippen molar-refractivity contribution in [1.29, 1.82) is 0 Å². The second kappa shape index (κ2) is 7.53. The van der Waals surface area contributed by atoms with E-state index in [2.05, 4.69) is 55.5 Å². The quantitative estimate of drug-likeness (QED) is 0.792. The summed E-state index contributed by atoms with van der Waals surface area (Å²) in [6.45, 7) is 5.05. The van der Waals surface area contributed by atoms with Crippen molar-refractivity contribution < 1.29 is 0 Å². The third kappa shape index (κ3) is 4.13. The minimum atomic E-state index is 0.901. The molecule has 0 saturated carbocycles. The van der Waals surface area contributed by atoms with Gasteiger partial charge < -0.3 is 10.2 Å². The average molecular weight is 289 g/mol. The van der Waals surface area contributed by atoms with E-state index in [1.807, 2.05) is 17.4 Å². The SMILES string of the molecule is CCCNCc1sc(CN(C)C)nc1-c1ccccc1. The minimum absolute atomic E-state index is 0.901. The number of thiazole rings is 1. The van der Waals surface area contributed by atoms with Crippen LogP contribution in [-0.2, 0) is 13.1 Å². The molecule has 3 nitrogen and oxygen atoms in total. The second-order valence-corrected chi connectivity index (χ2v) is 6.33. The molecule has 20 heavy (non-hydrogen) atoms. The highest BCUT2D eigenvalue weighted by Crippen LogP contribution is 2.28. The molecule has 0 aliphatic carbocycles. The molecule has 0 aliphatic rings. The first-order chi connectivity index (χ1) is 9.70. The van der Waals surface area contributed by atoms with Crippen molar-refractivity contribution in [2.45, 2.75) is 26.4 Å². The van der Waals surface area contributed by atoms with E-state index in [-0.39, 0.29) is 0 Å². The zero-order chi connectivity index (χ0) is 14.4. The molecule has 108 valence electrons. The van der Waals surface area contributed by atoms with E-state index in [0.717, 1.165) is 31.7 Å². The monoisotopic (exact) mass is 289 g/mol. The van der Waals surface area contributed by atoms with Crippen LogP contribution in [0.3, 0.4) is 0 Å². The molecular formula is C16H23N3S. The Morgan fingerprint density at radius 3 is 2.60 bits per heavy atom. The van der Waals surface area contributed by atoms with Crippen molar-refractivity contribution in [2.24, 2.45) is 0 Å². The van der Waals surface area contributed by atoms with Gasteiger partial charge in [-0.1, -0.05) is 37.3 Å². The molecule has 0 saturated heterocycles. The van der Waals surface area contributed by atoms with Gasteiger partial charge >= 0.3 is 0 Å². The van der Waals surface area contributed by atoms with Crippen LogP contribution in [0.4, 0.5) is 0 Å². The van der Waals surface area contributed by atoms with Gasteiger partial charge in [0.15, 0.2) is 0 Å². The van der Waals surface area contributed by atoms with Crippen molar-refractivity contribution in [1.82, 2.24) is 15.2 Å². The lowest BCUT2D eigenvalue weighted by Crippen LogP contribution is -2.13. The molecule has 0 spiro atoms. The van der Waals surface area contributed by atoms with Crippen molar-refractivity contribution >= 4 is 11.3 Å². The topological polar surface area (TPSA) is 28.2 Å². The summed E-state index contributed by atoms with van der Waals surface area (Å²) in [5, 5.41) is 4.67. The molecule has 0 aliphatic heterocycles. The minimum Gasteiger partial charge on any atom is -0.312 e. The van der Waals surface area contributed by atoms with E-state index < -0.39 is 0 Å². The van der Waals surface area contributed by atoms with Crippen molar-refractivity contribution in [3.8, 4) is 11.3 Å². The van der Waals surface area contributed by atoms with Crippen molar-refractivity contribution in [2.75, 3.05) is 20.6 Å². The molecule has 2 aromatic rings. The summed E-state index contributed by atoms with van der Waals surface area (Å²) in [7, 11) is 4.16. The third-order valence-corrected chi connectivity index (χ3v) is 3.99. The molecule has 4 heteroatoms. The lowest BCUT2D eigenvalue weighted by Gasteiger charge is -2.04. The predicted molar refractivity (Wildman–Crippen MR) is 86.9 cm³/mol. The van der Waals surface area contributed by atoms with Gasteiger partial charge in [0.25, 0.3) is 0 Å². The van der Waals surface area contributed by atoms with Crippen molar-refractivity contribution in [3.63, 3.8) is 0 Å². The summed E-state index contributed by atoms with van der Waals surface area (Å²) in [4.78, 5) is 8.33. The number of benzene rings is 1. The molecule has 0 unspecified atom stereocenters. The third-order valence-electron chi connectivity index (χ3n) is 2.95. The molecule has 1 N–H and O–H groups in total. The largest absolute Gasteiger partial charge is 0.312 e. The maximum absolute atomic E-state index is 4.84. The Balaban J connectivity index is 2.24. The van der Waals surface area contributed by atoms with Gasteiger partial charge in [-0.25, -0.2) is 4.98 Å². The first-order valence-electron chi connectivity index (χ1n) is 7.10. The van der Waals surface area contributed by atoms with Crippen LogP contribution in [0.2, 0.25) is 0 Å². The van der Waals surface area contributed by atoms with E-state index in [4.69, 9.17) is 4.98 Å². The standard InChI is InChI=1S/C16H23N3S/c1-4-10-17-11-14-16(13-8-6-5-7-9-13)18-15(20-14)12-19(2)3/h5-9,17H,4,10-12H2,1-3H3. The van der Waals surface area contributed by atoms with E-state index in [1.165, 1.54) is 15.4 Å². The van der Waals surface area contributed by atoms with E-state index in [1.54, 1.807) is 0 Å². The van der Waals surface area contributed by atoms with Crippen LogP contribution in [0.15, 0.2) is 30.3 Å². The van der Waals surface area contributed by atoms with Crippen LogP contribution in [-0.4, -0.2) is 30.5 Å². The second-order valence-electron chi connectivity index (χ2n) is 5.16. The van der Waals surface area contributed by atoms with Gasteiger partial charge in [-0.15, -0.1) is 11.3 Å². The highest BCUT2D eigenvalue weighted by molar-refractivity contribution is 7.12. The molecule has 0 bridgehead atoms. The predicted octanol–water partition coefficient (Wildman–Crippen LogP) is 3.37. The van der Waals surface area contributed by atoms with Crippen LogP contribution >= 0.6 is 11.3 Å². The van der Waals surface area contributed by atoms with Gasteiger partial charge in [0.1, 0.15) is 5.01 Å². The Bertz CT molecular complexity index is 520. The van der Waals surface area contributed by atoms with Crippen molar-refractivity contribution in [3.05, 3.63) is 40.2 Å². The fourth-order valence-electron chi connectivity index (χ4n) is 2.06. The first-order valence-corrected chi connectivity index (χ1v) is 7.91. The summed E-state index contributed by atoms with van der Waals surface area (Å²) in [5.74, 6) is 0. The van der Waals surface area contributed by atoms with Crippen LogP contribution in [0.25, 0.3) is 11.3 Å². The summed E-state index contributed by atoms with van der Waals surface area (Å²) >= 11 is 1.82. The molecule has 1 heterocycles. The Morgan fingerprint density at radius 2 is 1.95 bits per heavy atom. The van der Waals surface area contributed by atoms with Gasteiger partial charge in [0.2, 0.25) is 0 Å². The molecular weight excluding hydrogens is 266 g/mol. The van der Waals surface area contributed by atoms with Crippen LogP contribution in [0.5, 0.6) is 0 Å². The Morgan fingerprint density at radius 1 is 1.20 bits per heavy atom. The summed E-state index contributed by atoms with van der Waals surface area (Å²) in [5.41, 5.74) is 2.35. The lowest BCUT2D eigenvalue weighted by atomic mass is 10.1. The molecule has 0 amide bonds. The Hall–Kier alpha value is -1.23. The zero-order valence-corrected chi connectivity index (χ0v) is 13.3. The molecule has 2 rings (SSSR count). The fraction of sp³-hybridized carbons (Fsp3) is 0.438. The smallest absolute Gasteiger partial charge is 0.108 e. The zero-order valence-electron chi connectivity index (χ0n) is 12.5. The fourth-order valence-corrected chi connectivity index (χ4v) is 3.24. The van der Waals surface area contributed by atoms with E-state index >= 15 is 0 Å². The maximum atomic E-state index is 4.84. The number of aromatic nitrogens is 1. The molecule has 0 fully saturated rings. The molecule has 0 radical (unpaired) electrons. The van der Waals surface area contributed by atoms with Gasteiger partial charge in [0.05, 0.1) is 5.69 Å². The van der Waals surface area contributed by atoms with E-state index in [0.29, 0.717) is 0 Å². The normalized spacial score (nSPS) is 11.2. The van der Waals surface area contributed by atoms with Crippen LogP contribution in [0.1, 0.15) is 23.2 Å². The molecule has 1 aromatic heterocycles. The van der Waals surface area contributed by atoms with Gasteiger partial charge in [-0.3, -0.25) is 0 Å². The lowest BCUT2D eigenvalue weighted by molar-refractivity contribution is 0.402. The number of hydrogen-bond donors (Lipinski definition) is 1. The number of rotatable bonds is 7. The Kier molecular flexibility index (Phi) is 5.71. The maximum Gasteiger partial charge on any atom is 0.108 e. The number of nitrogens with one attached hydrogen (secondary N) is 1. The van der Waals surface area contributed by atoms with Crippen LogP contribution < -0.4 is 5.32 Å². The Labute approximate surface area is 125 Å². The van der Waals surface area contributed by atoms with E-state index in [9.17, 15) is 0 Å². The highest BCUT2D eigenvalue weighted by atomic mass is 32.1. The summed E-state index contributed by atoms with van der Waals surface area (Å²) < 4.78 is 0. The molecule has 0 atom stereocenters. The van der Waals surface area contributed by atoms with Gasteiger partial charge in [-0.2, -0.15) is 0 Å². The van der Waals surface area contributed by atoms with Crippen LogP contribution in [0, 0.1) is 0 Å².